The van der Waals surface area contributed by atoms with Crippen LogP contribution in [-0.2, 0) is 0 Å². The van der Waals surface area contributed by atoms with Crippen LogP contribution in [0.25, 0.3) is 0 Å². The van der Waals surface area contributed by atoms with Gasteiger partial charge >= 0.3 is 0 Å². The van der Waals surface area contributed by atoms with E-state index in [1.165, 1.54) is 19.3 Å². The van der Waals surface area contributed by atoms with Crippen LogP contribution < -0.4 is 11.1 Å². The number of rotatable bonds is 5. The van der Waals surface area contributed by atoms with Gasteiger partial charge in [0.2, 0.25) is 0 Å². The van der Waals surface area contributed by atoms with Crippen LogP contribution in [0.1, 0.15) is 47.0 Å². The third kappa shape index (κ3) is 4.03. The van der Waals surface area contributed by atoms with E-state index in [9.17, 15) is 0 Å². The molecule has 1 rings (SSSR count). The van der Waals surface area contributed by atoms with Gasteiger partial charge in [-0.25, -0.2) is 0 Å². The predicted molar refractivity (Wildman–Crippen MR) is 70.5 cm³/mol. The SMILES string of the molecule is CC(C)C(C)(C)CN=C(N)NCC1CCC1. The summed E-state index contributed by atoms with van der Waals surface area (Å²) in [5.41, 5.74) is 6.07. The van der Waals surface area contributed by atoms with E-state index < -0.39 is 0 Å². The zero-order chi connectivity index (χ0) is 12.2. The third-order valence-electron chi connectivity index (χ3n) is 4.02. The average molecular weight is 225 g/mol. The van der Waals surface area contributed by atoms with Crippen LogP contribution in [0.5, 0.6) is 0 Å². The lowest BCUT2D eigenvalue weighted by Gasteiger charge is -2.28. The second kappa shape index (κ2) is 5.55. The molecule has 1 saturated carbocycles. The quantitative estimate of drug-likeness (QED) is 0.557. The molecule has 1 aliphatic carbocycles. The molecule has 1 fully saturated rings. The zero-order valence-corrected chi connectivity index (χ0v) is 11.2. The van der Waals surface area contributed by atoms with Gasteiger partial charge in [-0.15, -0.1) is 0 Å². The molecule has 94 valence electrons. The number of nitrogens with one attached hydrogen (secondary N) is 1. The van der Waals surface area contributed by atoms with E-state index in [0.29, 0.717) is 11.9 Å². The van der Waals surface area contributed by atoms with E-state index in [4.69, 9.17) is 5.73 Å². The van der Waals surface area contributed by atoms with E-state index in [1.54, 1.807) is 0 Å². The van der Waals surface area contributed by atoms with Crippen molar-refractivity contribution in [2.24, 2.45) is 28.0 Å². The Morgan fingerprint density at radius 2 is 2.06 bits per heavy atom. The van der Waals surface area contributed by atoms with Gasteiger partial charge in [0.1, 0.15) is 0 Å². The minimum Gasteiger partial charge on any atom is -0.370 e. The smallest absolute Gasteiger partial charge is 0.188 e. The fraction of sp³-hybridized carbons (Fsp3) is 0.923. The van der Waals surface area contributed by atoms with Crippen LogP contribution in [-0.4, -0.2) is 19.0 Å². The first-order valence-corrected chi connectivity index (χ1v) is 6.45. The van der Waals surface area contributed by atoms with Gasteiger partial charge in [-0.05, 0) is 30.1 Å². The van der Waals surface area contributed by atoms with Crippen molar-refractivity contribution in [3.63, 3.8) is 0 Å². The van der Waals surface area contributed by atoms with Gasteiger partial charge in [0, 0.05) is 13.1 Å². The van der Waals surface area contributed by atoms with Crippen molar-refractivity contribution in [1.29, 1.82) is 0 Å². The summed E-state index contributed by atoms with van der Waals surface area (Å²) in [6.45, 7) is 10.7. The fourth-order valence-electron chi connectivity index (χ4n) is 1.47. The number of aliphatic imine (C=N–C) groups is 1. The summed E-state index contributed by atoms with van der Waals surface area (Å²) in [5, 5.41) is 3.22. The molecule has 3 N–H and O–H groups in total. The first-order chi connectivity index (χ1) is 7.42. The Morgan fingerprint density at radius 3 is 2.50 bits per heavy atom. The summed E-state index contributed by atoms with van der Waals surface area (Å²) in [6.07, 6.45) is 4.07. The molecule has 0 aromatic rings. The summed E-state index contributed by atoms with van der Waals surface area (Å²) in [6, 6.07) is 0. The molecule has 0 aliphatic heterocycles. The highest BCUT2D eigenvalue weighted by Gasteiger charge is 2.22. The molecule has 0 heterocycles. The van der Waals surface area contributed by atoms with Crippen molar-refractivity contribution in [3.05, 3.63) is 0 Å². The van der Waals surface area contributed by atoms with Gasteiger partial charge in [-0.3, -0.25) is 4.99 Å². The van der Waals surface area contributed by atoms with Crippen molar-refractivity contribution < 1.29 is 0 Å². The van der Waals surface area contributed by atoms with E-state index in [1.807, 2.05) is 0 Å². The van der Waals surface area contributed by atoms with Gasteiger partial charge in [0.05, 0.1) is 0 Å². The molecule has 3 heteroatoms. The average Bonchev–Trinajstić information content (AvgIpc) is 2.12. The van der Waals surface area contributed by atoms with Gasteiger partial charge < -0.3 is 11.1 Å². The lowest BCUT2D eigenvalue weighted by Crippen LogP contribution is -2.38. The summed E-state index contributed by atoms with van der Waals surface area (Å²) >= 11 is 0. The van der Waals surface area contributed by atoms with Crippen LogP contribution in [0.15, 0.2) is 4.99 Å². The molecule has 0 bridgehead atoms. The highest BCUT2D eigenvalue weighted by Crippen LogP contribution is 2.26. The molecule has 0 amide bonds. The monoisotopic (exact) mass is 225 g/mol. The highest BCUT2D eigenvalue weighted by atomic mass is 15.1. The second-order valence-corrected chi connectivity index (χ2v) is 6.02. The van der Waals surface area contributed by atoms with Crippen LogP contribution in [0.3, 0.4) is 0 Å². The van der Waals surface area contributed by atoms with Crippen molar-refractivity contribution in [3.8, 4) is 0 Å². The molecule has 0 saturated heterocycles. The molecule has 0 aromatic heterocycles. The lowest BCUT2D eigenvalue weighted by atomic mass is 9.81. The van der Waals surface area contributed by atoms with Crippen molar-refractivity contribution >= 4 is 5.96 Å². The number of nitrogens with two attached hydrogens (primary N) is 1. The molecule has 3 nitrogen and oxygen atoms in total. The minimum absolute atomic E-state index is 0.225. The van der Waals surface area contributed by atoms with Gasteiger partial charge in [-0.2, -0.15) is 0 Å². The van der Waals surface area contributed by atoms with Gasteiger partial charge in [0.25, 0.3) is 0 Å². The normalized spacial score (nSPS) is 18.7. The Morgan fingerprint density at radius 1 is 1.44 bits per heavy atom. The Labute approximate surface area is 99.9 Å². The second-order valence-electron chi connectivity index (χ2n) is 6.02. The number of hydrogen-bond acceptors (Lipinski definition) is 1. The Balaban J connectivity index is 2.26. The van der Waals surface area contributed by atoms with Crippen molar-refractivity contribution in [1.82, 2.24) is 5.32 Å². The van der Waals surface area contributed by atoms with Crippen molar-refractivity contribution in [2.75, 3.05) is 13.1 Å². The van der Waals surface area contributed by atoms with Crippen LogP contribution in [0.2, 0.25) is 0 Å². The summed E-state index contributed by atoms with van der Waals surface area (Å²) in [4.78, 5) is 4.43. The number of hydrogen-bond donors (Lipinski definition) is 2. The summed E-state index contributed by atoms with van der Waals surface area (Å²) in [7, 11) is 0. The van der Waals surface area contributed by atoms with E-state index in [0.717, 1.165) is 19.0 Å². The predicted octanol–water partition coefficient (Wildman–Crippen LogP) is 2.37. The van der Waals surface area contributed by atoms with E-state index in [-0.39, 0.29) is 5.41 Å². The number of guanidine groups is 1. The maximum atomic E-state index is 5.85. The molecule has 0 atom stereocenters. The van der Waals surface area contributed by atoms with Crippen LogP contribution >= 0.6 is 0 Å². The van der Waals surface area contributed by atoms with E-state index in [2.05, 4.69) is 38.0 Å². The minimum atomic E-state index is 0.225. The number of nitrogens with zero attached hydrogens (tertiary/aromatic N) is 1. The van der Waals surface area contributed by atoms with Gasteiger partial charge in [0.15, 0.2) is 5.96 Å². The fourth-order valence-corrected chi connectivity index (χ4v) is 1.47. The molecule has 16 heavy (non-hydrogen) atoms. The summed E-state index contributed by atoms with van der Waals surface area (Å²) < 4.78 is 0. The zero-order valence-electron chi connectivity index (χ0n) is 11.2. The third-order valence-corrected chi connectivity index (χ3v) is 4.02. The lowest BCUT2D eigenvalue weighted by molar-refractivity contribution is 0.261. The van der Waals surface area contributed by atoms with Crippen LogP contribution in [0, 0.1) is 17.3 Å². The largest absolute Gasteiger partial charge is 0.370 e. The molecule has 0 unspecified atom stereocenters. The van der Waals surface area contributed by atoms with Crippen molar-refractivity contribution in [2.45, 2.75) is 47.0 Å². The Kier molecular flexibility index (Phi) is 4.63. The maximum absolute atomic E-state index is 5.85. The Hall–Kier alpha value is -0.730. The summed E-state index contributed by atoms with van der Waals surface area (Å²) in [5.74, 6) is 2.06. The molecule has 0 aromatic carbocycles. The topological polar surface area (TPSA) is 50.4 Å². The molecule has 0 radical (unpaired) electrons. The highest BCUT2D eigenvalue weighted by molar-refractivity contribution is 5.77. The molecule has 1 aliphatic rings. The molecular formula is C13H27N3. The first-order valence-electron chi connectivity index (χ1n) is 6.45. The molecule has 0 spiro atoms. The Bertz CT molecular complexity index is 240. The standard InChI is InChI=1S/C13H27N3/c1-10(2)13(3,4)9-16-12(14)15-8-11-6-5-7-11/h10-11H,5-9H2,1-4H3,(H3,14,15,16). The maximum Gasteiger partial charge on any atom is 0.188 e. The van der Waals surface area contributed by atoms with E-state index >= 15 is 0 Å². The first kappa shape index (κ1) is 13.3. The van der Waals surface area contributed by atoms with Gasteiger partial charge in [-0.1, -0.05) is 34.1 Å². The molecular weight excluding hydrogens is 198 g/mol. The van der Waals surface area contributed by atoms with Crippen LogP contribution in [0.4, 0.5) is 0 Å².